The van der Waals surface area contributed by atoms with Crippen LogP contribution in [0, 0.1) is 0 Å². The molecule has 1 rings (SSSR count). The Morgan fingerprint density at radius 2 is 2.07 bits per heavy atom. The molecule has 0 radical (unpaired) electrons. The molecule has 0 fully saturated rings. The summed E-state index contributed by atoms with van der Waals surface area (Å²) in [5.41, 5.74) is 7.00. The van der Waals surface area contributed by atoms with Crippen molar-refractivity contribution in [3.05, 3.63) is 30.1 Å². The van der Waals surface area contributed by atoms with Gasteiger partial charge in [-0.3, -0.25) is 9.98 Å². The standard InChI is InChI=1S/C11H18N4/c1-9(2)14-11(12)15(3)8-10-4-6-13-7-5-10/h4-7,9H,8H2,1-3H3,(H2,12,14). The molecule has 4 nitrogen and oxygen atoms in total. The van der Waals surface area contributed by atoms with Crippen LogP contribution in [0.15, 0.2) is 29.5 Å². The highest BCUT2D eigenvalue weighted by molar-refractivity contribution is 5.77. The monoisotopic (exact) mass is 206 g/mol. The Balaban J connectivity index is 2.60. The van der Waals surface area contributed by atoms with Gasteiger partial charge in [0.15, 0.2) is 5.96 Å². The van der Waals surface area contributed by atoms with Crippen LogP contribution in [0.3, 0.4) is 0 Å². The van der Waals surface area contributed by atoms with Gasteiger partial charge in [-0.25, -0.2) is 0 Å². The minimum absolute atomic E-state index is 0.227. The van der Waals surface area contributed by atoms with Gasteiger partial charge in [0, 0.05) is 32.0 Å². The predicted molar refractivity (Wildman–Crippen MR) is 62.5 cm³/mol. The SMILES string of the molecule is CC(C)N=C(N)N(C)Cc1ccncc1. The van der Waals surface area contributed by atoms with E-state index in [1.54, 1.807) is 12.4 Å². The first-order valence-electron chi connectivity index (χ1n) is 5.03. The van der Waals surface area contributed by atoms with Crippen LogP contribution < -0.4 is 5.73 Å². The summed E-state index contributed by atoms with van der Waals surface area (Å²) in [7, 11) is 1.93. The molecule has 0 bridgehead atoms. The minimum Gasteiger partial charge on any atom is -0.370 e. The van der Waals surface area contributed by atoms with Gasteiger partial charge in [-0.1, -0.05) is 0 Å². The molecular formula is C11H18N4. The Kier molecular flexibility index (Phi) is 4.09. The third-order valence-corrected chi connectivity index (χ3v) is 1.95. The molecule has 0 aliphatic heterocycles. The Morgan fingerprint density at radius 1 is 1.47 bits per heavy atom. The fourth-order valence-electron chi connectivity index (χ4n) is 1.21. The lowest BCUT2D eigenvalue weighted by Crippen LogP contribution is -2.34. The molecule has 0 amide bonds. The summed E-state index contributed by atoms with van der Waals surface area (Å²) >= 11 is 0. The van der Waals surface area contributed by atoms with E-state index in [4.69, 9.17) is 5.73 Å². The van der Waals surface area contributed by atoms with E-state index in [1.165, 1.54) is 5.56 Å². The topological polar surface area (TPSA) is 54.5 Å². The van der Waals surface area contributed by atoms with Crippen molar-refractivity contribution in [3.63, 3.8) is 0 Å². The Bertz CT molecular complexity index is 319. The van der Waals surface area contributed by atoms with Gasteiger partial charge in [0.2, 0.25) is 0 Å². The van der Waals surface area contributed by atoms with Crippen molar-refractivity contribution in [3.8, 4) is 0 Å². The van der Waals surface area contributed by atoms with Crippen molar-refractivity contribution >= 4 is 5.96 Å². The minimum atomic E-state index is 0.227. The van der Waals surface area contributed by atoms with Crippen LogP contribution in [-0.4, -0.2) is 28.9 Å². The third-order valence-electron chi connectivity index (χ3n) is 1.95. The van der Waals surface area contributed by atoms with E-state index >= 15 is 0 Å². The zero-order valence-electron chi connectivity index (χ0n) is 9.51. The maximum absolute atomic E-state index is 5.83. The van der Waals surface area contributed by atoms with Crippen molar-refractivity contribution in [1.29, 1.82) is 0 Å². The predicted octanol–water partition coefficient (Wildman–Crippen LogP) is 1.24. The van der Waals surface area contributed by atoms with E-state index in [2.05, 4.69) is 9.98 Å². The molecule has 0 aliphatic carbocycles. The summed E-state index contributed by atoms with van der Waals surface area (Å²) in [5, 5.41) is 0. The smallest absolute Gasteiger partial charge is 0.191 e. The number of hydrogen-bond acceptors (Lipinski definition) is 2. The van der Waals surface area contributed by atoms with Gasteiger partial charge in [0.05, 0.1) is 0 Å². The number of rotatable bonds is 3. The first kappa shape index (κ1) is 11.5. The second-order valence-corrected chi connectivity index (χ2v) is 3.79. The quantitative estimate of drug-likeness (QED) is 0.598. The van der Waals surface area contributed by atoms with Crippen LogP contribution in [0.5, 0.6) is 0 Å². The Labute approximate surface area is 90.8 Å². The van der Waals surface area contributed by atoms with E-state index in [1.807, 2.05) is 37.9 Å². The molecule has 15 heavy (non-hydrogen) atoms. The molecule has 1 heterocycles. The molecule has 1 aromatic rings. The molecule has 82 valence electrons. The van der Waals surface area contributed by atoms with E-state index in [0.29, 0.717) is 5.96 Å². The second-order valence-electron chi connectivity index (χ2n) is 3.79. The van der Waals surface area contributed by atoms with E-state index in [0.717, 1.165) is 6.54 Å². The van der Waals surface area contributed by atoms with Gasteiger partial charge in [-0.2, -0.15) is 0 Å². The van der Waals surface area contributed by atoms with Crippen LogP contribution in [0.4, 0.5) is 0 Å². The maximum Gasteiger partial charge on any atom is 0.191 e. The average molecular weight is 206 g/mol. The van der Waals surface area contributed by atoms with Crippen LogP contribution in [-0.2, 0) is 6.54 Å². The molecule has 4 heteroatoms. The lowest BCUT2D eigenvalue weighted by atomic mass is 10.2. The summed E-state index contributed by atoms with van der Waals surface area (Å²) in [5.74, 6) is 0.571. The zero-order valence-corrected chi connectivity index (χ0v) is 9.51. The van der Waals surface area contributed by atoms with Crippen LogP contribution in [0.25, 0.3) is 0 Å². The molecule has 0 unspecified atom stereocenters. The molecular weight excluding hydrogens is 188 g/mol. The first-order chi connectivity index (χ1) is 7.09. The van der Waals surface area contributed by atoms with E-state index in [9.17, 15) is 0 Å². The van der Waals surface area contributed by atoms with Crippen LogP contribution in [0.2, 0.25) is 0 Å². The number of aliphatic imine (C=N–C) groups is 1. The van der Waals surface area contributed by atoms with Crippen molar-refractivity contribution in [1.82, 2.24) is 9.88 Å². The summed E-state index contributed by atoms with van der Waals surface area (Å²) in [6.45, 7) is 4.77. The van der Waals surface area contributed by atoms with Crippen molar-refractivity contribution < 1.29 is 0 Å². The molecule has 1 aromatic heterocycles. The van der Waals surface area contributed by atoms with Crippen molar-refractivity contribution in [2.45, 2.75) is 26.4 Å². The number of nitrogens with two attached hydrogens (primary N) is 1. The molecule has 0 spiro atoms. The number of hydrogen-bond donors (Lipinski definition) is 1. The average Bonchev–Trinajstić information content (AvgIpc) is 2.18. The lowest BCUT2D eigenvalue weighted by molar-refractivity contribution is 0.489. The van der Waals surface area contributed by atoms with Gasteiger partial charge in [-0.15, -0.1) is 0 Å². The van der Waals surface area contributed by atoms with E-state index < -0.39 is 0 Å². The van der Waals surface area contributed by atoms with Gasteiger partial charge >= 0.3 is 0 Å². The van der Waals surface area contributed by atoms with Gasteiger partial charge < -0.3 is 10.6 Å². The largest absolute Gasteiger partial charge is 0.370 e. The van der Waals surface area contributed by atoms with Crippen molar-refractivity contribution in [2.24, 2.45) is 10.7 Å². The zero-order chi connectivity index (χ0) is 11.3. The normalized spacial score (nSPS) is 11.9. The number of guanidine groups is 1. The summed E-state index contributed by atoms with van der Waals surface area (Å²) < 4.78 is 0. The first-order valence-corrected chi connectivity index (χ1v) is 5.03. The molecule has 0 aromatic carbocycles. The van der Waals surface area contributed by atoms with Crippen molar-refractivity contribution in [2.75, 3.05) is 7.05 Å². The molecule has 0 saturated carbocycles. The van der Waals surface area contributed by atoms with Crippen LogP contribution >= 0.6 is 0 Å². The summed E-state index contributed by atoms with van der Waals surface area (Å²) in [4.78, 5) is 10.2. The Morgan fingerprint density at radius 3 is 2.60 bits per heavy atom. The van der Waals surface area contributed by atoms with Gasteiger partial charge in [0.1, 0.15) is 0 Å². The lowest BCUT2D eigenvalue weighted by Gasteiger charge is -2.18. The molecule has 2 N–H and O–H groups in total. The maximum atomic E-state index is 5.83. The summed E-state index contributed by atoms with van der Waals surface area (Å²) in [6, 6.07) is 4.17. The third kappa shape index (κ3) is 3.97. The number of pyridine rings is 1. The Hall–Kier alpha value is -1.58. The molecule has 0 atom stereocenters. The van der Waals surface area contributed by atoms with E-state index in [-0.39, 0.29) is 6.04 Å². The highest BCUT2D eigenvalue weighted by Gasteiger charge is 2.03. The number of aromatic nitrogens is 1. The molecule has 0 aliphatic rings. The fourth-order valence-corrected chi connectivity index (χ4v) is 1.21. The number of nitrogens with zero attached hydrogens (tertiary/aromatic N) is 3. The summed E-state index contributed by atoms with van der Waals surface area (Å²) in [6.07, 6.45) is 3.55. The highest BCUT2D eigenvalue weighted by atomic mass is 15.2. The molecule has 0 saturated heterocycles. The highest BCUT2D eigenvalue weighted by Crippen LogP contribution is 2.01. The van der Waals surface area contributed by atoms with Crippen LogP contribution in [0.1, 0.15) is 19.4 Å². The van der Waals surface area contributed by atoms with Gasteiger partial charge in [-0.05, 0) is 31.5 Å². The fraction of sp³-hybridized carbons (Fsp3) is 0.455. The van der Waals surface area contributed by atoms with Gasteiger partial charge in [0.25, 0.3) is 0 Å². The second kappa shape index (κ2) is 5.34.